The van der Waals surface area contributed by atoms with Crippen molar-refractivity contribution in [3.8, 4) is 23.0 Å². The van der Waals surface area contributed by atoms with Crippen molar-refractivity contribution in [2.75, 3.05) is 37.7 Å². The quantitative estimate of drug-likeness (QED) is 0.255. The predicted molar refractivity (Wildman–Crippen MR) is 171 cm³/mol. The van der Waals surface area contributed by atoms with Crippen molar-refractivity contribution in [1.29, 1.82) is 0 Å². The van der Waals surface area contributed by atoms with Gasteiger partial charge in [-0.05, 0) is 73.2 Å². The number of amides is 3. The van der Waals surface area contributed by atoms with Crippen LogP contribution in [0.3, 0.4) is 0 Å². The maximum atomic E-state index is 16.9. The highest BCUT2D eigenvalue weighted by Gasteiger charge is 2.50. The molecule has 0 saturated carbocycles. The van der Waals surface area contributed by atoms with E-state index in [-0.39, 0.29) is 52.9 Å². The molecule has 48 heavy (non-hydrogen) atoms. The molecule has 3 atom stereocenters. The van der Waals surface area contributed by atoms with Gasteiger partial charge in [-0.3, -0.25) is 20.0 Å². The third-order valence-electron chi connectivity index (χ3n) is 10.4. The lowest BCUT2D eigenvalue weighted by molar-refractivity contribution is -0.124. The summed E-state index contributed by atoms with van der Waals surface area (Å²) in [5, 5.41) is 16.8. The van der Waals surface area contributed by atoms with E-state index in [4.69, 9.17) is 9.72 Å². The Bertz CT molecular complexity index is 2010. The summed E-state index contributed by atoms with van der Waals surface area (Å²) in [7, 11) is 0. The van der Waals surface area contributed by atoms with Gasteiger partial charge in [0.2, 0.25) is 0 Å². The number of aromatic hydroxyl groups is 1. The van der Waals surface area contributed by atoms with E-state index in [9.17, 15) is 23.5 Å². The number of imide groups is 1. The third-order valence-corrected chi connectivity index (χ3v) is 10.4. The first-order valence-electron chi connectivity index (χ1n) is 16.3. The second-order valence-corrected chi connectivity index (χ2v) is 13.4. The number of halogens is 3. The second kappa shape index (κ2) is 11.2. The Labute approximate surface area is 273 Å². The molecule has 2 aromatic heterocycles. The number of benzene rings is 2. The van der Waals surface area contributed by atoms with Crippen LogP contribution in [0, 0.1) is 11.6 Å². The minimum Gasteiger partial charge on any atom is -0.508 e. The van der Waals surface area contributed by atoms with Crippen LogP contribution in [0.2, 0.25) is 0 Å². The van der Waals surface area contributed by atoms with E-state index in [0.717, 1.165) is 19.4 Å². The first-order chi connectivity index (χ1) is 23.1. The number of piperidine rings is 1. The molecule has 4 aliphatic rings. The summed E-state index contributed by atoms with van der Waals surface area (Å²) in [5.41, 5.74) is -1.41. The van der Waals surface area contributed by atoms with Gasteiger partial charge in [0.25, 0.3) is 5.91 Å². The highest BCUT2D eigenvalue weighted by atomic mass is 19.1. The van der Waals surface area contributed by atoms with Crippen LogP contribution in [0.4, 0.5) is 23.8 Å². The SMILES string of the molecule is CCc1c(F)ccc2cc(O)cc(-c3ncc4c(N5CCC[C@]6(C5)NC(=O)NC6=O)nc(OC[C@@]56CCCN5C[C@H](F)C6)nc4c3F)c12. The molecule has 0 unspecified atom stereocenters. The van der Waals surface area contributed by atoms with Crippen molar-refractivity contribution >= 4 is 39.4 Å². The van der Waals surface area contributed by atoms with Gasteiger partial charge in [0.15, 0.2) is 5.82 Å². The van der Waals surface area contributed by atoms with E-state index in [0.29, 0.717) is 55.1 Å². The fourth-order valence-electron chi connectivity index (χ4n) is 8.25. The second-order valence-electron chi connectivity index (χ2n) is 13.4. The van der Waals surface area contributed by atoms with Crippen LogP contribution in [0.1, 0.15) is 44.6 Å². The average Bonchev–Trinajstić information content (AvgIpc) is 3.68. The van der Waals surface area contributed by atoms with Gasteiger partial charge in [0, 0.05) is 31.3 Å². The summed E-state index contributed by atoms with van der Waals surface area (Å²) in [5.74, 6) is -1.61. The minimum absolute atomic E-state index is 0.0665. The number of alkyl halides is 1. The van der Waals surface area contributed by atoms with Gasteiger partial charge in [-0.2, -0.15) is 9.97 Å². The fourth-order valence-corrected chi connectivity index (χ4v) is 8.25. The van der Waals surface area contributed by atoms with Crippen molar-refractivity contribution in [1.82, 2.24) is 30.5 Å². The molecule has 0 aliphatic carbocycles. The van der Waals surface area contributed by atoms with E-state index >= 15 is 4.39 Å². The number of ether oxygens (including phenoxy) is 1. The van der Waals surface area contributed by atoms with Gasteiger partial charge in [0.1, 0.15) is 46.9 Å². The number of hydrogen-bond donors (Lipinski definition) is 3. The first-order valence-corrected chi connectivity index (χ1v) is 16.3. The number of hydrogen-bond acceptors (Lipinski definition) is 9. The molecule has 6 heterocycles. The molecule has 0 bridgehead atoms. The number of urea groups is 1. The molecule has 1 spiro atoms. The van der Waals surface area contributed by atoms with E-state index < -0.39 is 40.8 Å². The Kier molecular flexibility index (Phi) is 7.13. The molecule has 8 rings (SSSR count). The molecular formula is C34H34F3N7O4. The Morgan fingerprint density at radius 3 is 2.75 bits per heavy atom. The van der Waals surface area contributed by atoms with E-state index in [1.54, 1.807) is 11.8 Å². The first kappa shape index (κ1) is 30.6. The van der Waals surface area contributed by atoms with Gasteiger partial charge in [-0.25, -0.2) is 18.0 Å². The van der Waals surface area contributed by atoms with E-state index in [1.807, 2.05) is 0 Å². The predicted octanol–water partition coefficient (Wildman–Crippen LogP) is 4.52. The van der Waals surface area contributed by atoms with Crippen LogP contribution in [0.15, 0.2) is 30.5 Å². The number of phenolic OH excluding ortho intramolecular Hbond substituents is 1. The Morgan fingerprint density at radius 1 is 1.12 bits per heavy atom. The molecular weight excluding hydrogens is 627 g/mol. The number of carbonyl (C=O) groups is 2. The zero-order valence-electron chi connectivity index (χ0n) is 26.3. The average molecular weight is 662 g/mol. The summed E-state index contributed by atoms with van der Waals surface area (Å²) in [6.07, 6.45) is 3.69. The van der Waals surface area contributed by atoms with Gasteiger partial charge in [-0.1, -0.05) is 13.0 Å². The van der Waals surface area contributed by atoms with Crippen LogP contribution >= 0.6 is 0 Å². The van der Waals surface area contributed by atoms with Crippen molar-refractivity contribution in [2.45, 2.75) is 62.7 Å². The third kappa shape index (κ3) is 4.79. The number of aromatic nitrogens is 3. The van der Waals surface area contributed by atoms with Crippen LogP contribution in [0.25, 0.3) is 32.9 Å². The highest BCUT2D eigenvalue weighted by molar-refractivity contribution is 6.08. The number of pyridine rings is 1. The number of nitrogens with one attached hydrogen (secondary N) is 2. The lowest BCUT2D eigenvalue weighted by Gasteiger charge is -2.39. The van der Waals surface area contributed by atoms with Crippen molar-refractivity contribution in [3.05, 3.63) is 47.7 Å². The molecule has 4 aromatic rings. The van der Waals surface area contributed by atoms with Gasteiger partial charge >= 0.3 is 12.0 Å². The normalized spacial score (nSPS) is 25.7. The zero-order valence-corrected chi connectivity index (χ0v) is 26.3. The van der Waals surface area contributed by atoms with Crippen LogP contribution in [0.5, 0.6) is 11.8 Å². The maximum Gasteiger partial charge on any atom is 0.322 e. The molecule has 4 saturated heterocycles. The zero-order chi connectivity index (χ0) is 33.4. The number of anilines is 1. The summed E-state index contributed by atoms with van der Waals surface area (Å²) < 4.78 is 52.6. The lowest BCUT2D eigenvalue weighted by atomic mass is 9.89. The van der Waals surface area contributed by atoms with Crippen LogP contribution in [-0.2, 0) is 11.2 Å². The summed E-state index contributed by atoms with van der Waals surface area (Å²) in [6, 6.07) is 4.98. The smallest absolute Gasteiger partial charge is 0.322 e. The Hall–Kier alpha value is -4.72. The molecule has 11 nitrogen and oxygen atoms in total. The molecule has 250 valence electrons. The molecule has 14 heteroatoms. The van der Waals surface area contributed by atoms with E-state index in [2.05, 4.69) is 25.5 Å². The number of aryl methyl sites for hydroxylation is 1. The number of nitrogens with zero attached hydrogens (tertiary/aromatic N) is 5. The van der Waals surface area contributed by atoms with Crippen LogP contribution in [-0.4, -0.2) is 86.9 Å². The van der Waals surface area contributed by atoms with Gasteiger partial charge in [0.05, 0.1) is 17.5 Å². The summed E-state index contributed by atoms with van der Waals surface area (Å²) >= 11 is 0. The molecule has 4 aliphatic heterocycles. The number of rotatable bonds is 6. The minimum atomic E-state index is -1.19. The Morgan fingerprint density at radius 2 is 1.96 bits per heavy atom. The van der Waals surface area contributed by atoms with Gasteiger partial charge in [-0.15, -0.1) is 0 Å². The largest absolute Gasteiger partial charge is 0.508 e. The maximum absolute atomic E-state index is 16.9. The molecule has 2 aromatic carbocycles. The standard InChI is InChI=1S/C34H34F3N7O4/c1-2-21-24(36)6-5-18-11-20(45)12-22(25(18)21)27-26(37)28-23(14-38-27)29(43-9-4-8-34(16-43)30(46)41-31(47)42-34)40-32(39-28)48-17-33-7-3-10-44(33)15-19(35)13-33/h5-6,11-12,14,19,45H,2-4,7-10,13,15-17H2,1H3,(H2,41,42,46,47)/t19-,33+,34-/m1/s1. The summed E-state index contributed by atoms with van der Waals surface area (Å²) in [6.45, 7) is 3.50. The van der Waals surface area contributed by atoms with Crippen LogP contribution < -0.4 is 20.3 Å². The topological polar surface area (TPSA) is 133 Å². The fraction of sp³-hybridized carbons (Fsp3) is 0.441. The monoisotopic (exact) mass is 661 g/mol. The number of phenols is 1. The number of fused-ring (bicyclic) bond motifs is 3. The van der Waals surface area contributed by atoms with Crippen molar-refractivity contribution in [3.63, 3.8) is 0 Å². The van der Waals surface area contributed by atoms with Gasteiger partial charge < -0.3 is 20.1 Å². The molecule has 0 radical (unpaired) electrons. The molecule has 3 N–H and O–H groups in total. The van der Waals surface area contributed by atoms with E-state index in [1.165, 1.54) is 30.5 Å². The number of carbonyl (C=O) groups excluding carboxylic acids is 2. The Balaban J connectivity index is 1.27. The molecule has 4 fully saturated rings. The summed E-state index contributed by atoms with van der Waals surface area (Å²) in [4.78, 5) is 42.6. The van der Waals surface area contributed by atoms with Crippen molar-refractivity contribution in [2.24, 2.45) is 0 Å². The molecule has 3 amide bonds. The van der Waals surface area contributed by atoms with Crippen molar-refractivity contribution < 1.29 is 32.6 Å². The highest BCUT2D eigenvalue weighted by Crippen LogP contribution is 2.42. The lowest BCUT2D eigenvalue weighted by Crippen LogP contribution is -2.58.